The number of carbonyl (C=O) groups excluding carboxylic acids is 1. The van der Waals surface area contributed by atoms with Gasteiger partial charge in [-0.05, 0) is 30.3 Å². The van der Waals surface area contributed by atoms with Crippen LogP contribution in [-0.2, 0) is 6.54 Å². The number of hydrogen-bond acceptors (Lipinski definition) is 5. The highest BCUT2D eigenvalue weighted by atomic mass is 16.5. The Morgan fingerprint density at radius 2 is 1.89 bits per heavy atom. The molecule has 1 aliphatic heterocycles. The van der Waals surface area contributed by atoms with Crippen molar-refractivity contribution in [1.82, 2.24) is 4.90 Å². The van der Waals surface area contributed by atoms with Crippen molar-refractivity contribution in [3.8, 4) is 11.5 Å². The fourth-order valence-electron chi connectivity index (χ4n) is 3.40. The Labute approximate surface area is 157 Å². The van der Waals surface area contributed by atoms with E-state index in [0.29, 0.717) is 29.4 Å². The highest BCUT2D eigenvalue weighted by Crippen LogP contribution is 2.41. The van der Waals surface area contributed by atoms with E-state index in [1.165, 1.54) is 0 Å². The number of methoxy groups -OCH3 is 2. The van der Waals surface area contributed by atoms with Crippen molar-refractivity contribution in [1.29, 1.82) is 0 Å². The zero-order chi connectivity index (χ0) is 18.8. The van der Waals surface area contributed by atoms with E-state index in [9.17, 15) is 4.79 Å². The van der Waals surface area contributed by atoms with E-state index in [0.717, 1.165) is 11.3 Å². The van der Waals surface area contributed by atoms with Gasteiger partial charge < -0.3 is 24.1 Å². The molecule has 6 nitrogen and oxygen atoms in total. The minimum Gasteiger partial charge on any atom is -0.493 e. The molecule has 2 heterocycles. The van der Waals surface area contributed by atoms with Crippen LogP contribution in [0.25, 0.3) is 0 Å². The molecule has 1 atom stereocenters. The average molecular weight is 364 g/mol. The Balaban J connectivity index is 1.82. The molecule has 0 saturated carbocycles. The summed E-state index contributed by atoms with van der Waals surface area (Å²) in [5.41, 5.74) is 2.22. The van der Waals surface area contributed by atoms with Gasteiger partial charge in [0.2, 0.25) is 0 Å². The molecule has 0 radical (unpaired) electrons. The van der Waals surface area contributed by atoms with Gasteiger partial charge in [0, 0.05) is 11.3 Å². The average Bonchev–Trinajstić information content (AvgIpc) is 3.22. The third-order valence-corrected chi connectivity index (χ3v) is 4.66. The van der Waals surface area contributed by atoms with Crippen molar-refractivity contribution in [2.24, 2.45) is 0 Å². The molecule has 138 valence electrons. The van der Waals surface area contributed by atoms with E-state index in [2.05, 4.69) is 5.32 Å². The Morgan fingerprint density at radius 3 is 2.63 bits per heavy atom. The molecule has 0 fully saturated rings. The Bertz CT molecular complexity index is 953. The number of para-hydroxylation sites is 2. The van der Waals surface area contributed by atoms with Gasteiger partial charge in [0.25, 0.3) is 5.91 Å². The molecule has 6 heteroatoms. The molecule has 1 amide bonds. The number of furan rings is 1. The molecule has 0 bridgehead atoms. The number of anilines is 1. The van der Waals surface area contributed by atoms with Crippen LogP contribution >= 0.6 is 0 Å². The van der Waals surface area contributed by atoms with Crippen LogP contribution in [0.4, 0.5) is 5.69 Å². The maximum atomic E-state index is 13.3. The van der Waals surface area contributed by atoms with Crippen LogP contribution in [0.2, 0.25) is 0 Å². The van der Waals surface area contributed by atoms with Crippen molar-refractivity contribution < 1.29 is 18.7 Å². The number of ether oxygens (including phenoxy) is 2. The minimum absolute atomic E-state index is 0.0735. The summed E-state index contributed by atoms with van der Waals surface area (Å²) in [6.45, 7) is 0.332. The summed E-state index contributed by atoms with van der Waals surface area (Å²) in [5, 5.41) is 3.46. The molecule has 0 aliphatic carbocycles. The van der Waals surface area contributed by atoms with E-state index >= 15 is 0 Å². The second-order valence-electron chi connectivity index (χ2n) is 6.19. The number of nitrogens with one attached hydrogen (secondary N) is 1. The first-order valence-electron chi connectivity index (χ1n) is 8.62. The van der Waals surface area contributed by atoms with E-state index < -0.39 is 6.17 Å². The quantitative estimate of drug-likeness (QED) is 0.740. The fraction of sp³-hybridized carbons (Fsp3) is 0.190. The van der Waals surface area contributed by atoms with Gasteiger partial charge in [0.1, 0.15) is 11.9 Å². The third kappa shape index (κ3) is 2.99. The first-order chi connectivity index (χ1) is 13.2. The lowest BCUT2D eigenvalue weighted by atomic mass is 10.0. The Hall–Kier alpha value is -3.41. The van der Waals surface area contributed by atoms with Crippen LogP contribution < -0.4 is 14.8 Å². The predicted octanol–water partition coefficient (Wildman–Crippen LogP) is 4.06. The van der Waals surface area contributed by atoms with Crippen LogP contribution in [0.15, 0.2) is 65.3 Å². The predicted molar refractivity (Wildman–Crippen MR) is 101 cm³/mol. The molecule has 3 aromatic rings. The zero-order valence-corrected chi connectivity index (χ0v) is 15.1. The summed E-state index contributed by atoms with van der Waals surface area (Å²) in [7, 11) is 3.19. The largest absolute Gasteiger partial charge is 0.493 e. The number of amides is 1. The summed E-state index contributed by atoms with van der Waals surface area (Å²) in [5.74, 6) is 1.84. The smallest absolute Gasteiger partial charge is 0.258 e. The highest BCUT2D eigenvalue weighted by Gasteiger charge is 2.35. The maximum absolute atomic E-state index is 13.3. The monoisotopic (exact) mass is 364 g/mol. The molecule has 4 rings (SSSR count). The molecule has 0 spiro atoms. The number of carbonyl (C=O) groups is 1. The molecule has 27 heavy (non-hydrogen) atoms. The number of hydrogen-bond donors (Lipinski definition) is 1. The van der Waals surface area contributed by atoms with Crippen molar-refractivity contribution in [3.05, 3.63) is 77.7 Å². The molecule has 1 aromatic heterocycles. The van der Waals surface area contributed by atoms with E-state index in [1.54, 1.807) is 25.4 Å². The topological polar surface area (TPSA) is 63.9 Å². The molecule has 1 aliphatic rings. The number of benzene rings is 2. The number of nitrogens with zero attached hydrogens (tertiary/aromatic N) is 1. The summed E-state index contributed by atoms with van der Waals surface area (Å²) in [4.78, 5) is 15.0. The van der Waals surface area contributed by atoms with Crippen molar-refractivity contribution in [3.63, 3.8) is 0 Å². The van der Waals surface area contributed by atoms with Gasteiger partial charge in [0.15, 0.2) is 11.5 Å². The first kappa shape index (κ1) is 17.0. The molecule has 2 aromatic carbocycles. The summed E-state index contributed by atoms with van der Waals surface area (Å²) in [6.07, 6.45) is 1.18. The number of rotatable bonds is 5. The normalized spacial score (nSPS) is 15.9. The van der Waals surface area contributed by atoms with Crippen LogP contribution in [0.5, 0.6) is 11.5 Å². The standard InChI is InChI=1S/C21H20N2O4/c1-25-18-11-5-9-16(19(18)26-2)20-22-17-10-4-3-8-15(17)21(24)23(20)13-14-7-6-12-27-14/h3-12,20,22H,13H2,1-2H3/t20-/m1/s1. The van der Waals surface area contributed by atoms with E-state index in [1.807, 2.05) is 54.6 Å². The third-order valence-electron chi connectivity index (χ3n) is 4.66. The second-order valence-corrected chi connectivity index (χ2v) is 6.19. The lowest BCUT2D eigenvalue weighted by Crippen LogP contribution is -2.42. The first-order valence-corrected chi connectivity index (χ1v) is 8.62. The van der Waals surface area contributed by atoms with Crippen molar-refractivity contribution in [2.75, 3.05) is 19.5 Å². The van der Waals surface area contributed by atoms with Crippen LogP contribution in [0.3, 0.4) is 0 Å². The van der Waals surface area contributed by atoms with Crippen LogP contribution in [0.1, 0.15) is 27.8 Å². The van der Waals surface area contributed by atoms with Gasteiger partial charge in [0.05, 0.1) is 32.6 Å². The second kappa shape index (κ2) is 7.07. The zero-order valence-electron chi connectivity index (χ0n) is 15.1. The summed E-state index contributed by atoms with van der Waals surface area (Å²) in [6, 6.07) is 16.8. The van der Waals surface area contributed by atoms with Gasteiger partial charge in [-0.3, -0.25) is 4.79 Å². The summed E-state index contributed by atoms with van der Waals surface area (Å²) < 4.78 is 16.5. The van der Waals surface area contributed by atoms with Gasteiger partial charge in [-0.1, -0.05) is 24.3 Å². The molecule has 0 saturated heterocycles. The Kier molecular flexibility index (Phi) is 4.46. The SMILES string of the molecule is COc1cccc([C@@H]2Nc3ccccc3C(=O)N2Cc2ccco2)c1OC. The lowest BCUT2D eigenvalue weighted by molar-refractivity contribution is 0.0649. The minimum atomic E-state index is -0.428. The van der Waals surface area contributed by atoms with Gasteiger partial charge in [-0.25, -0.2) is 0 Å². The van der Waals surface area contributed by atoms with E-state index in [4.69, 9.17) is 13.9 Å². The Morgan fingerprint density at radius 1 is 1.04 bits per heavy atom. The lowest BCUT2D eigenvalue weighted by Gasteiger charge is -2.38. The molecular formula is C21H20N2O4. The molecular weight excluding hydrogens is 344 g/mol. The van der Waals surface area contributed by atoms with Crippen molar-refractivity contribution in [2.45, 2.75) is 12.7 Å². The van der Waals surface area contributed by atoms with Gasteiger partial charge in [-0.15, -0.1) is 0 Å². The number of fused-ring (bicyclic) bond motifs is 1. The highest BCUT2D eigenvalue weighted by molar-refractivity contribution is 6.01. The van der Waals surface area contributed by atoms with Crippen LogP contribution in [-0.4, -0.2) is 25.0 Å². The van der Waals surface area contributed by atoms with Crippen molar-refractivity contribution >= 4 is 11.6 Å². The molecule has 1 N–H and O–H groups in total. The van der Waals surface area contributed by atoms with E-state index in [-0.39, 0.29) is 5.91 Å². The van der Waals surface area contributed by atoms with Crippen LogP contribution in [0, 0.1) is 0 Å². The van der Waals surface area contributed by atoms with Gasteiger partial charge in [-0.2, -0.15) is 0 Å². The maximum Gasteiger partial charge on any atom is 0.258 e. The molecule has 0 unspecified atom stereocenters. The fourth-order valence-corrected chi connectivity index (χ4v) is 3.40. The summed E-state index contributed by atoms with van der Waals surface area (Å²) >= 11 is 0. The van der Waals surface area contributed by atoms with Gasteiger partial charge >= 0.3 is 0 Å².